The van der Waals surface area contributed by atoms with Crippen molar-refractivity contribution in [3.63, 3.8) is 0 Å². The smallest absolute Gasteiger partial charge is 0.291 e. The second-order valence-electron chi connectivity index (χ2n) is 8.82. The van der Waals surface area contributed by atoms with Crippen LogP contribution in [0.4, 0.5) is 5.69 Å². The molecule has 8 heteroatoms. The quantitative estimate of drug-likeness (QED) is 0.311. The van der Waals surface area contributed by atoms with E-state index in [1.165, 1.54) is 51.6 Å². The van der Waals surface area contributed by atoms with Gasteiger partial charge in [0.1, 0.15) is 11.3 Å². The average Bonchev–Trinajstić information content (AvgIpc) is 3.61. The lowest BCUT2D eigenvalue weighted by Crippen LogP contribution is -2.34. The minimum atomic E-state index is -0.482. The summed E-state index contributed by atoms with van der Waals surface area (Å²) in [6.45, 7) is -0.134. The van der Waals surface area contributed by atoms with Gasteiger partial charge in [-0.15, -0.1) is 0 Å². The molecule has 0 unspecified atom stereocenters. The molecule has 1 saturated carbocycles. The van der Waals surface area contributed by atoms with Crippen molar-refractivity contribution in [2.45, 2.75) is 38.5 Å². The fourth-order valence-electron chi connectivity index (χ4n) is 4.02. The van der Waals surface area contributed by atoms with E-state index in [9.17, 15) is 14.4 Å². The van der Waals surface area contributed by atoms with Crippen LogP contribution in [0.3, 0.4) is 0 Å². The van der Waals surface area contributed by atoms with Gasteiger partial charge in [-0.25, -0.2) is 0 Å². The largest absolute Gasteiger partial charge is 0.451 e. The number of para-hydroxylation sites is 1. The third-order valence-electron chi connectivity index (χ3n) is 6.09. The third kappa shape index (κ3) is 7.10. The van der Waals surface area contributed by atoms with Crippen molar-refractivity contribution in [1.29, 1.82) is 0 Å². The summed E-state index contributed by atoms with van der Waals surface area (Å²) in [6, 6.07) is 19.3. The third-order valence-corrected chi connectivity index (χ3v) is 6.09. The highest BCUT2D eigenvalue weighted by Gasteiger charge is 2.15. The molecular weight excluding hydrogens is 470 g/mol. The Morgan fingerprint density at radius 2 is 1.43 bits per heavy atom. The zero-order valence-corrected chi connectivity index (χ0v) is 20.8. The molecule has 1 aliphatic rings. The van der Waals surface area contributed by atoms with Crippen molar-refractivity contribution >= 4 is 34.4 Å². The second-order valence-corrected chi connectivity index (χ2v) is 8.82. The SMILES string of the molecule is C1CCCCC1.CNC(=O)CNC(=O)c1ccc(-c2ccc(NC(=O)c3cc4ccccc4o3)cc2)o1. The highest BCUT2D eigenvalue weighted by molar-refractivity contribution is 6.04. The lowest BCUT2D eigenvalue weighted by Gasteiger charge is -2.05. The number of benzene rings is 2. The molecule has 0 saturated heterocycles. The van der Waals surface area contributed by atoms with Gasteiger partial charge in [-0.1, -0.05) is 56.7 Å². The molecule has 0 aliphatic heterocycles. The predicted molar refractivity (Wildman–Crippen MR) is 142 cm³/mol. The van der Waals surface area contributed by atoms with Crippen LogP contribution in [0.5, 0.6) is 0 Å². The maximum Gasteiger partial charge on any atom is 0.291 e. The molecule has 1 aliphatic carbocycles. The number of anilines is 1. The molecule has 5 rings (SSSR count). The van der Waals surface area contributed by atoms with Gasteiger partial charge in [0.25, 0.3) is 11.8 Å². The number of hydrogen-bond donors (Lipinski definition) is 3. The van der Waals surface area contributed by atoms with E-state index in [-0.39, 0.29) is 29.9 Å². The summed E-state index contributed by atoms with van der Waals surface area (Å²) in [6.07, 6.45) is 9.00. The van der Waals surface area contributed by atoms with Gasteiger partial charge < -0.3 is 24.8 Å². The first-order valence-corrected chi connectivity index (χ1v) is 12.5. The van der Waals surface area contributed by atoms with E-state index < -0.39 is 5.91 Å². The van der Waals surface area contributed by atoms with E-state index in [2.05, 4.69) is 16.0 Å². The van der Waals surface area contributed by atoms with E-state index in [1.54, 1.807) is 42.5 Å². The van der Waals surface area contributed by atoms with Crippen LogP contribution >= 0.6 is 0 Å². The van der Waals surface area contributed by atoms with Crippen LogP contribution in [0.15, 0.2) is 75.6 Å². The molecule has 0 atom stereocenters. The Kier molecular flexibility index (Phi) is 8.75. The first-order valence-electron chi connectivity index (χ1n) is 12.5. The molecular formula is C29H31N3O5. The van der Waals surface area contributed by atoms with Crippen molar-refractivity contribution < 1.29 is 23.2 Å². The molecule has 2 heterocycles. The highest BCUT2D eigenvalue weighted by Crippen LogP contribution is 2.25. The highest BCUT2D eigenvalue weighted by atomic mass is 16.4. The monoisotopic (exact) mass is 501 g/mol. The normalized spacial score (nSPS) is 12.8. The first-order chi connectivity index (χ1) is 18.0. The van der Waals surface area contributed by atoms with Crippen molar-refractivity contribution in [3.8, 4) is 11.3 Å². The lowest BCUT2D eigenvalue weighted by molar-refractivity contribution is -0.119. The van der Waals surface area contributed by atoms with Crippen molar-refractivity contribution in [2.24, 2.45) is 0 Å². The molecule has 3 amide bonds. The standard InChI is InChI=1S/C23H19N3O5.C6H12/c1-24-21(27)13-25-22(28)19-11-10-18(30-19)14-6-8-16(9-7-14)26-23(29)20-12-15-4-2-3-5-17(15)31-20;1-2-4-6-5-3-1/h2-12H,13H2,1H3,(H,24,27)(H,25,28)(H,26,29);1-6H2. The minimum absolute atomic E-state index is 0.0983. The zero-order chi connectivity index (χ0) is 26.0. The summed E-state index contributed by atoms with van der Waals surface area (Å²) in [5.41, 5.74) is 1.97. The molecule has 3 N–H and O–H groups in total. The maximum absolute atomic E-state index is 12.5. The number of fused-ring (bicyclic) bond motifs is 1. The number of amides is 3. The Labute approximate surface area is 215 Å². The van der Waals surface area contributed by atoms with Crippen LogP contribution in [0.2, 0.25) is 0 Å². The van der Waals surface area contributed by atoms with Crippen LogP contribution in [-0.2, 0) is 4.79 Å². The van der Waals surface area contributed by atoms with Gasteiger partial charge in [-0.05, 0) is 48.5 Å². The van der Waals surface area contributed by atoms with Gasteiger partial charge in [0.15, 0.2) is 11.5 Å². The van der Waals surface area contributed by atoms with Crippen LogP contribution < -0.4 is 16.0 Å². The molecule has 2 aromatic heterocycles. The van der Waals surface area contributed by atoms with Gasteiger partial charge in [0, 0.05) is 23.7 Å². The molecule has 192 valence electrons. The predicted octanol–water partition coefficient (Wildman–Crippen LogP) is 5.76. The summed E-state index contributed by atoms with van der Waals surface area (Å²) in [4.78, 5) is 35.7. The van der Waals surface area contributed by atoms with E-state index >= 15 is 0 Å². The molecule has 4 aromatic rings. The Bertz CT molecular complexity index is 1300. The summed E-state index contributed by atoms with van der Waals surface area (Å²) in [5, 5.41) is 8.53. The van der Waals surface area contributed by atoms with Gasteiger partial charge in [-0.2, -0.15) is 0 Å². The lowest BCUT2D eigenvalue weighted by atomic mass is 10.0. The summed E-state index contributed by atoms with van der Waals surface area (Å²) < 4.78 is 11.1. The number of likely N-dealkylation sites (N-methyl/N-ethyl adjacent to an activating group) is 1. The maximum atomic E-state index is 12.5. The zero-order valence-electron chi connectivity index (χ0n) is 20.8. The Morgan fingerprint density at radius 1 is 0.757 bits per heavy atom. The van der Waals surface area contributed by atoms with Crippen molar-refractivity contribution in [2.75, 3.05) is 18.9 Å². The van der Waals surface area contributed by atoms with Gasteiger partial charge >= 0.3 is 0 Å². The molecule has 8 nitrogen and oxygen atoms in total. The Balaban J connectivity index is 0.000000469. The van der Waals surface area contributed by atoms with Crippen LogP contribution in [0, 0.1) is 0 Å². The summed E-state index contributed by atoms with van der Waals surface area (Å²) in [5.74, 6) is -0.327. The molecule has 0 bridgehead atoms. The molecule has 1 fully saturated rings. The Hall–Kier alpha value is -4.33. The molecule has 2 aromatic carbocycles. The average molecular weight is 502 g/mol. The van der Waals surface area contributed by atoms with Crippen LogP contribution in [0.1, 0.15) is 59.6 Å². The summed E-state index contributed by atoms with van der Waals surface area (Å²) in [7, 11) is 1.49. The topological polar surface area (TPSA) is 114 Å². The fourth-order valence-corrected chi connectivity index (χ4v) is 4.02. The van der Waals surface area contributed by atoms with Gasteiger partial charge in [0.05, 0.1) is 6.54 Å². The molecule has 37 heavy (non-hydrogen) atoms. The number of nitrogens with one attached hydrogen (secondary N) is 3. The number of carbonyl (C=O) groups is 3. The van der Waals surface area contributed by atoms with E-state index in [1.807, 2.05) is 18.2 Å². The number of carbonyl (C=O) groups excluding carboxylic acids is 3. The summed E-state index contributed by atoms with van der Waals surface area (Å²) >= 11 is 0. The van der Waals surface area contributed by atoms with E-state index in [0.717, 1.165) is 10.9 Å². The van der Waals surface area contributed by atoms with Crippen molar-refractivity contribution in [3.05, 3.63) is 78.3 Å². The van der Waals surface area contributed by atoms with Crippen molar-refractivity contribution in [1.82, 2.24) is 10.6 Å². The van der Waals surface area contributed by atoms with E-state index in [0.29, 0.717) is 17.0 Å². The van der Waals surface area contributed by atoms with Gasteiger partial charge in [-0.3, -0.25) is 14.4 Å². The van der Waals surface area contributed by atoms with E-state index in [4.69, 9.17) is 8.83 Å². The number of rotatable bonds is 6. The van der Waals surface area contributed by atoms with Gasteiger partial charge in [0.2, 0.25) is 5.91 Å². The molecule has 0 spiro atoms. The van der Waals surface area contributed by atoms with Crippen LogP contribution in [-0.4, -0.2) is 31.3 Å². The Morgan fingerprint density at radius 3 is 2.08 bits per heavy atom. The van der Waals surface area contributed by atoms with Crippen LogP contribution in [0.25, 0.3) is 22.3 Å². The first kappa shape index (κ1) is 25.8. The number of hydrogen-bond acceptors (Lipinski definition) is 5. The fraction of sp³-hybridized carbons (Fsp3) is 0.276. The second kappa shape index (κ2) is 12.6. The molecule has 0 radical (unpaired) electrons. The number of furan rings is 2. The minimum Gasteiger partial charge on any atom is -0.451 e.